The van der Waals surface area contributed by atoms with E-state index in [9.17, 15) is 57.5 Å². The lowest BCUT2D eigenvalue weighted by molar-refractivity contribution is -0.120. The zero-order valence-electron chi connectivity index (χ0n) is 82.3. The molecule has 0 saturated carbocycles. The van der Waals surface area contributed by atoms with Gasteiger partial charge in [-0.3, -0.25) is 43.2 Å². The minimum absolute atomic E-state index is 0.0728. The van der Waals surface area contributed by atoms with Gasteiger partial charge in [-0.2, -0.15) is 0 Å². The second kappa shape index (κ2) is 56.1. The molecule has 136 heavy (non-hydrogen) atoms. The molecule has 36 heteroatoms. The number of methoxy groups -OCH3 is 9. The average Bonchev–Trinajstić information content (AvgIpc) is 0.833. The number of likely N-dealkylation sites (tertiary alicyclic amines) is 1. The topological polar surface area (TPSA) is 498 Å². The molecular weight excluding hydrogens is 1750 g/mol. The summed E-state index contributed by atoms with van der Waals surface area (Å²) in [5.41, 5.74) is 21.2. The fourth-order valence-corrected chi connectivity index (χ4v) is 17.3. The normalized spacial score (nSPS) is 30.9. The van der Waals surface area contributed by atoms with E-state index in [1.807, 2.05) is 73.6 Å². The number of nitrogens with zero attached hydrogens (tertiary/aromatic N) is 2. The molecule has 13 N–H and O–H groups in total. The van der Waals surface area contributed by atoms with Crippen molar-refractivity contribution < 1.29 is 114 Å². The molecule has 746 valence electrons. The van der Waals surface area contributed by atoms with Crippen LogP contribution >= 0.6 is 0 Å². The van der Waals surface area contributed by atoms with E-state index < -0.39 is 132 Å². The number of ether oxygens (including phenoxy) is 12. The number of H-pyrrole nitrogens is 1. The lowest BCUT2D eigenvalue weighted by Gasteiger charge is -2.32. The van der Waals surface area contributed by atoms with Crippen LogP contribution in [0.3, 0.4) is 0 Å². The minimum atomic E-state index is -0.967. The van der Waals surface area contributed by atoms with Gasteiger partial charge < -0.3 is 116 Å². The number of rotatable bonds is 23. The molecule has 0 aromatic carbocycles. The lowest BCUT2D eigenvalue weighted by atomic mass is 9.85. The molecular formula is C100H142N12O24. The maximum Gasteiger partial charge on any atom is 0.405 e. The van der Waals surface area contributed by atoms with Crippen LogP contribution in [0.2, 0.25) is 0 Å². The van der Waals surface area contributed by atoms with Crippen molar-refractivity contribution in [3.05, 3.63) is 206 Å². The number of aromatic nitrogens is 2. The maximum absolute atomic E-state index is 13.9. The van der Waals surface area contributed by atoms with Gasteiger partial charge in [-0.05, 0) is 134 Å². The van der Waals surface area contributed by atoms with Gasteiger partial charge in [-0.25, -0.2) is 19.4 Å². The van der Waals surface area contributed by atoms with Crippen LogP contribution in [-0.2, 0) is 106 Å². The molecule has 6 amide bonds. The summed E-state index contributed by atoms with van der Waals surface area (Å²) in [4.78, 5) is 165. The zero-order chi connectivity index (χ0) is 101. The molecule has 1 saturated heterocycles. The number of imidazole rings is 1. The Kier molecular flexibility index (Phi) is 46.6. The zero-order valence-corrected chi connectivity index (χ0v) is 82.3. The molecule has 3 aliphatic carbocycles. The number of carbonyl (C=O) groups excluding carboxylic acids is 12. The van der Waals surface area contributed by atoms with Crippen molar-refractivity contribution >= 4 is 70.7 Å². The van der Waals surface area contributed by atoms with Crippen LogP contribution in [0, 0.1) is 35.5 Å². The Labute approximate surface area is 798 Å². The number of aromatic amines is 1. The molecule has 1 fully saturated rings. The van der Waals surface area contributed by atoms with E-state index in [1.54, 1.807) is 131 Å². The van der Waals surface area contributed by atoms with E-state index in [4.69, 9.17) is 74.0 Å². The molecule has 18 atom stereocenters. The van der Waals surface area contributed by atoms with Gasteiger partial charge in [0.15, 0.2) is 18.3 Å². The largest absolute Gasteiger partial charge is 0.439 e. The molecule has 36 nitrogen and oxygen atoms in total. The number of primary amides is 3. The van der Waals surface area contributed by atoms with Crippen LogP contribution in [0.25, 0.3) is 0 Å². The Morgan fingerprint density at radius 1 is 0.456 bits per heavy atom. The molecule has 3 unspecified atom stereocenters. The van der Waals surface area contributed by atoms with Crippen molar-refractivity contribution in [1.82, 2.24) is 46.8 Å². The molecule has 4 aliphatic heterocycles. The summed E-state index contributed by atoms with van der Waals surface area (Å²) in [5, 5.41) is 17.2. The molecule has 8 rings (SSSR count). The van der Waals surface area contributed by atoms with E-state index in [2.05, 4.69) is 53.3 Å². The summed E-state index contributed by atoms with van der Waals surface area (Å²) in [6.45, 7) is 29.6. The Bertz CT molecular complexity index is 4920. The number of hydrogen-bond acceptors (Lipinski definition) is 29. The van der Waals surface area contributed by atoms with Gasteiger partial charge in [-0.15, -0.1) is 6.58 Å². The summed E-state index contributed by atoms with van der Waals surface area (Å²) < 4.78 is 68.6. The standard InChI is InChI=1S/C34H47N5O8.C34H50N4O8.C32H45N3O8/c1-19-13-24-29(37-12-11-23-17-36-18-38-23)26(40)16-25(30(24)41)39-33(42)20(2)9-8-10-27(44-5)32(47-34(35)43)22(4)15-21(3)31(46-7)28(14-19)45-6;1-20-16-24-29(36-12-15-38-13-9-14-38)26(39)19-25(30(24)40)37-33(41)21(2)10-8-11-27(43-5)32(46-34(35)42)23(4)18-22(3)31(45-7)28(17-20)44-6;1-9-13-34-27-22-14-18(2)15-26(41-7)29(42-8)20(4)16-21(5)30(43-32(33)39)25(40-6)12-10-11-19(3)31(38)35-23(28(22)37)17-24(27)36/h8-10,15-19,21,27-28,31-32,37H,11-14H2,1-7H3,(H2,35,43)(H,36,38)(H,39,42);8,10-11,18-20,22,27-28,31-32,36H,9,12-17H2,1-7H3,(H2,35,42)(H,37,41);9-12,16-18,20,25-26,29-30,34H,1,13-15H2,2-8H3,(H2,33,39)(H,35,38)/b10-8-,20-9+,22-15+;11-8-,21-10+,23-18+;12-10-,19-11+,21-16+/t19-,21+,27?,28+,31-,32+;20-,22+,27?,28+,31-,32+;18-,20+,25?,26+,29-,30+/m111/s1. The molecule has 0 spiro atoms. The van der Waals surface area contributed by atoms with E-state index in [0.29, 0.717) is 61.1 Å². The first-order valence-electron chi connectivity index (χ1n) is 45.5. The minimum Gasteiger partial charge on any atom is -0.439 e. The number of amides is 6. The van der Waals surface area contributed by atoms with Gasteiger partial charge in [0.05, 0.1) is 77.1 Å². The number of fused-ring (bicyclic) bond motifs is 6. The average molecular weight is 1900 g/mol. The maximum atomic E-state index is 13.9. The van der Waals surface area contributed by atoms with E-state index in [0.717, 1.165) is 43.9 Å². The summed E-state index contributed by atoms with van der Waals surface area (Å²) in [5.74, 6) is -5.11. The number of hydrogen-bond donors (Lipinski definition) is 10. The Hall–Kier alpha value is -11.7. The SMILES string of the molecule is C=CCNC1=C2C[C@@H](C)C[C@H](OC)[C@H](OC)[C@@H](C)/C=C(\C)[C@H](OC(N)=O)C(OC)/C=C\C=C(/C)C(=O)NC(=CC1=O)C2=O.COC1/C=C\C=C(/C)C(=O)NC2=CC(=O)C(NCCN3CCC3)=C(C[C@@H](C)C[C@H](OC)[C@H](OC)[C@@H](C)/C=C(\C)[C@@H]1OC(N)=O)C2=O.COC1/C=C\C=C(/C)C(=O)NC2=CC(=O)C(NCCc3cnc[nH]3)=C(C[C@@H](C)C[C@H](OC)[C@H](OC)[C@@H](C)/C=C(\C)[C@@H]1OC(N)=O)C2=O. The van der Waals surface area contributed by atoms with Crippen LogP contribution in [0.15, 0.2) is 201 Å². The fraction of sp³-hybridized carbons (Fsp3) is 0.530. The van der Waals surface area contributed by atoms with Crippen LogP contribution in [0.1, 0.15) is 134 Å². The molecule has 1 aromatic heterocycles. The number of Topliss-reactive ketones (excluding diaryl/α,β-unsaturated/α-hetero) is 3. The second-order valence-corrected chi connectivity index (χ2v) is 35.0. The highest BCUT2D eigenvalue weighted by molar-refractivity contribution is 6.25. The van der Waals surface area contributed by atoms with Crippen LogP contribution < -0.4 is 49.1 Å². The smallest absolute Gasteiger partial charge is 0.405 e. The van der Waals surface area contributed by atoms with E-state index >= 15 is 0 Å². The molecule has 0 radical (unpaired) electrons. The quantitative estimate of drug-likeness (QED) is 0.0277. The van der Waals surface area contributed by atoms with E-state index in [-0.39, 0.29) is 135 Å². The van der Waals surface area contributed by atoms with Gasteiger partial charge in [-0.1, -0.05) is 121 Å². The third-order valence-electron chi connectivity index (χ3n) is 24.4. The highest BCUT2D eigenvalue weighted by Gasteiger charge is 2.40. The van der Waals surface area contributed by atoms with Gasteiger partial charge >= 0.3 is 18.3 Å². The number of carbonyl (C=O) groups is 12. The molecule has 1 aromatic rings. The number of nitrogens with two attached hydrogens (primary N) is 3. The second-order valence-electron chi connectivity index (χ2n) is 35.0. The number of ketones is 6. The van der Waals surface area contributed by atoms with Crippen molar-refractivity contribution in [2.24, 2.45) is 52.7 Å². The van der Waals surface area contributed by atoms with Gasteiger partial charge in [0.1, 0.15) is 18.3 Å². The first kappa shape index (κ1) is 113. The van der Waals surface area contributed by atoms with Crippen molar-refractivity contribution in [3.63, 3.8) is 0 Å². The summed E-state index contributed by atoms with van der Waals surface area (Å²) in [6, 6.07) is 0. The predicted molar refractivity (Wildman–Crippen MR) is 511 cm³/mol. The first-order valence-corrected chi connectivity index (χ1v) is 45.5. The number of allylic oxidation sites excluding steroid dienone is 12. The summed E-state index contributed by atoms with van der Waals surface area (Å²) >= 11 is 0. The first-order chi connectivity index (χ1) is 64.7. The monoisotopic (exact) mass is 1900 g/mol. The van der Waals surface area contributed by atoms with Crippen molar-refractivity contribution in [1.29, 1.82) is 0 Å². The Balaban J connectivity index is 0.000000314. The van der Waals surface area contributed by atoms with Crippen LogP contribution in [0.5, 0.6) is 0 Å². The Morgan fingerprint density at radius 2 is 0.772 bits per heavy atom. The molecule has 5 heterocycles. The highest BCUT2D eigenvalue weighted by Crippen LogP contribution is 2.35. The van der Waals surface area contributed by atoms with E-state index in [1.165, 1.54) is 39.6 Å². The summed E-state index contributed by atoms with van der Waals surface area (Å²) in [6.07, 6.45) is 22.2. The predicted octanol–water partition coefficient (Wildman–Crippen LogP) is 8.87. The van der Waals surface area contributed by atoms with Crippen LogP contribution in [-0.4, -0.2) is 262 Å². The number of nitrogens with one attached hydrogen (secondary N) is 7. The highest BCUT2D eigenvalue weighted by atomic mass is 16.6. The van der Waals surface area contributed by atoms with Gasteiger partial charge in [0.2, 0.25) is 34.7 Å². The molecule has 7 aliphatic rings. The van der Waals surface area contributed by atoms with Crippen molar-refractivity contribution in [3.8, 4) is 0 Å². The third-order valence-corrected chi connectivity index (χ3v) is 24.4. The fourth-order valence-electron chi connectivity index (χ4n) is 17.3. The van der Waals surface area contributed by atoms with Gasteiger partial charge in [0, 0.05) is 178 Å². The van der Waals surface area contributed by atoms with Crippen LogP contribution in [0.4, 0.5) is 14.4 Å². The Morgan fingerprint density at radius 3 is 1.04 bits per heavy atom. The summed E-state index contributed by atoms with van der Waals surface area (Å²) in [7, 11) is 14.0. The van der Waals surface area contributed by atoms with Crippen molar-refractivity contribution in [2.75, 3.05) is 103 Å². The van der Waals surface area contributed by atoms with Gasteiger partial charge in [0.25, 0.3) is 17.7 Å². The van der Waals surface area contributed by atoms with Crippen molar-refractivity contribution in [2.45, 2.75) is 208 Å². The third kappa shape index (κ3) is 33.1. The lowest BCUT2D eigenvalue weighted by Crippen LogP contribution is -2.43. The molecule has 6 bridgehead atoms.